The van der Waals surface area contributed by atoms with E-state index in [4.69, 9.17) is 16.7 Å². The van der Waals surface area contributed by atoms with E-state index >= 15 is 0 Å². The van der Waals surface area contributed by atoms with Crippen LogP contribution in [0.5, 0.6) is 0 Å². The minimum atomic E-state index is -0.839. The van der Waals surface area contributed by atoms with Crippen LogP contribution in [0, 0.1) is 0 Å². The molecule has 1 N–H and O–H groups in total. The molecular formula is C12H13ClN2O2. The molecule has 1 amide bonds. The highest BCUT2D eigenvalue weighted by atomic mass is 35.5. The molecule has 0 aliphatic carbocycles. The molecule has 2 heterocycles. The monoisotopic (exact) mass is 252 g/mol. The number of rotatable bonds is 1. The molecule has 1 saturated heterocycles. The highest BCUT2D eigenvalue weighted by molar-refractivity contribution is 6.30. The van der Waals surface area contributed by atoms with Gasteiger partial charge in [0.05, 0.1) is 10.7 Å². The van der Waals surface area contributed by atoms with Gasteiger partial charge in [0.2, 0.25) is 0 Å². The molecule has 4 nitrogen and oxygen atoms in total. The number of pyridine rings is 1. The summed E-state index contributed by atoms with van der Waals surface area (Å²) < 4.78 is 0. The SMILES string of the molecule is O=C(O)N1CCC(=Cc2ccc(Cl)cn2)CC1. The Morgan fingerprint density at radius 2 is 2.12 bits per heavy atom. The summed E-state index contributed by atoms with van der Waals surface area (Å²) in [5.41, 5.74) is 2.10. The van der Waals surface area contributed by atoms with E-state index in [0.29, 0.717) is 18.1 Å². The maximum absolute atomic E-state index is 10.7. The lowest BCUT2D eigenvalue weighted by molar-refractivity contribution is 0.142. The second kappa shape index (κ2) is 5.19. The largest absolute Gasteiger partial charge is 0.465 e. The van der Waals surface area contributed by atoms with E-state index in [1.165, 1.54) is 10.5 Å². The number of hydrogen-bond donors (Lipinski definition) is 1. The molecular weight excluding hydrogens is 240 g/mol. The van der Waals surface area contributed by atoms with Crippen molar-refractivity contribution in [1.82, 2.24) is 9.88 Å². The Morgan fingerprint density at radius 1 is 1.41 bits per heavy atom. The number of carbonyl (C=O) groups is 1. The number of aromatic nitrogens is 1. The number of carboxylic acid groups (broad SMARTS) is 1. The molecule has 1 aromatic heterocycles. The first-order valence-corrected chi connectivity index (χ1v) is 5.82. The standard InChI is InChI=1S/C12H13ClN2O2/c13-10-1-2-11(14-8-10)7-9-3-5-15(6-4-9)12(16)17/h1-2,7-8H,3-6H2,(H,16,17). The van der Waals surface area contributed by atoms with Gasteiger partial charge in [0, 0.05) is 19.3 Å². The zero-order valence-electron chi connectivity index (χ0n) is 9.27. The molecule has 0 radical (unpaired) electrons. The summed E-state index contributed by atoms with van der Waals surface area (Å²) in [4.78, 5) is 16.4. The Morgan fingerprint density at radius 3 is 2.65 bits per heavy atom. The molecule has 0 saturated carbocycles. The van der Waals surface area contributed by atoms with Crippen LogP contribution in [0.4, 0.5) is 4.79 Å². The Labute approximate surface area is 105 Å². The Hall–Kier alpha value is -1.55. The van der Waals surface area contributed by atoms with Crippen molar-refractivity contribution in [3.8, 4) is 0 Å². The first-order chi connectivity index (χ1) is 8.15. The van der Waals surface area contributed by atoms with Crippen molar-refractivity contribution in [3.63, 3.8) is 0 Å². The van der Waals surface area contributed by atoms with Crippen LogP contribution in [0.15, 0.2) is 23.9 Å². The normalized spacial score (nSPS) is 15.8. The summed E-state index contributed by atoms with van der Waals surface area (Å²) in [5.74, 6) is 0. The molecule has 0 atom stereocenters. The topological polar surface area (TPSA) is 53.4 Å². The fourth-order valence-electron chi connectivity index (χ4n) is 1.81. The molecule has 17 heavy (non-hydrogen) atoms. The second-order valence-electron chi connectivity index (χ2n) is 3.97. The van der Waals surface area contributed by atoms with E-state index in [-0.39, 0.29) is 0 Å². The van der Waals surface area contributed by atoms with Crippen molar-refractivity contribution < 1.29 is 9.90 Å². The Kier molecular flexibility index (Phi) is 3.64. The van der Waals surface area contributed by atoms with Gasteiger partial charge in [-0.25, -0.2) is 4.79 Å². The molecule has 1 aliphatic rings. The third-order valence-electron chi connectivity index (χ3n) is 2.78. The molecule has 1 aromatic rings. The van der Waals surface area contributed by atoms with E-state index in [0.717, 1.165) is 18.5 Å². The third kappa shape index (κ3) is 3.20. The van der Waals surface area contributed by atoms with Gasteiger partial charge in [0.1, 0.15) is 0 Å². The highest BCUT2D eigenvalue weighted by Gasteiger charge is 2.17. The van der Waals surface area contributed by atoms with Gasteiger partial charge in [-0.2, -0.15) is 0 Å². The van der Waals surface area contributed by atoms with Crippen LogP contribution >= 0.6 is 11.6 Å². The van der Waals surface area contributed by atoms with Gasteiger partial charge in [-0.05, 0) is 31.1 Å². The van der Waals surface area contributed by atoms with Gasteiger partial charge in [0.15, 0.2) is 0 Å². The number of nitrogens with zero attached hydrogens (tertiary/aromatic N) is 2. The van der Waals surface area contributed by atoms with Gasteiger partial charge in [0.25, 0.3) is 0 Å². The second-order valence-corrected chi connectivity index (χ2v) is 4.41. The molecule has 90 valence electrons. The van der Waals surface area contributed by atoms with Crippen molar-refractivity contribution in [3.05, 3.63) is 34.6 Å². The summed E-state index contributed by atoms with van der Waals surface area (Å²) in [5, 5.41) is 9.44. The van der Waals surface area contributed by atoms with Crippen LogP contribution in [0.3, 0.4) is 0 Å². The average Bonchev–Trinajstić information content (AvgIpc) is 2.33. The molecule has 5 heteroatoms. The molecule has 0 aromatic carbocycles. The van der Waals surface area contributed by atoms with Crippen LogP contribution in [-0.2, 0) is 0 Å². The van der Waals surface area contributed by atoms with Crippen molar-refractivity contribution >= 4 is 23.8 Å². The fourth-order valence-corrected chi connectivity index (χ4v) is 1.92. The van der Waals surface area contributed by atoms with Crippen LogP contribution < -0.4 is 0 Å². The minimum absolute atomic E-state index is 0.564. The lowest BCUT2D eigenvalue weighted by atomic mass is 10.0. The summed E-state index contributed by atoms with van der Waals surface area (Å²) >= 11 is 5.75. The third-order valence-corrected chi connectivity index (χ3v) is 3.00. The van der Waals surface area contributed by atoms with Crippen LogP contribution in [0.2, 0.25) is 5.02 Å². The molecule has 2 rings (SSSR count). The van der Waals surface area contributed by atoms with Crippen LogP contribution in [0.1, 0.15) is 18.5 Å². The van der Waals surface area contributed by atoms with Gasteiger partial charge in [-0.3, -0.25) is 4.98 Å². The zero-order valence-corrected chi connectivity index (χ0v) is 10.0. The number of halogens is 1. The maximum atomic E-state index is 10.7. The fraction of sp³-hybridized carbons (Fsp3) is 0.333. The number of piperidine rings is 1. The van der Waals surface area contributed by atoms with E-state index in [2.05, 4.69) is 4.98 Å². The molecule has 0 spiro atoms. The molecule has 1 fully saturated rings. The first-order valence-electron chi connectivity index (χ1n) is 5.44. The Bertz CT molecular complexity index is 432. The minimum Gasteiger partial charge on any atom is -0.465 e. The predicted molar refractivity (Wildman–Crippen MR) is 66.1 cm³/mol. The summed E-state index contributed by atoms with van der Waals surface area (Å²) in [6.07, 6.45) is 4.33. The highest BCUT2D eigenvalue weighted by Crippen LogP contribution is 2.19. The summed E-state index contributed by atoms with van der Waals surface area (Å²) in [6, 6.07) is 3.66. The van der Waals surface area contributed by atoms with Crippen molar-refractivity contribution in [2.45, 2.75) is 12.8 Å². The smallest absolute Gasteiger partial charge is 0.407 e. The lowest BCUT2D eigenvalue weighted by Gasteiger charge is -2.25. The Balaban J connectivity index is 2.00. The van der Waals surface area contributed by atoms with Crippen molar-refractivity contribution in [2.24, 2.45) is 0 Å². The summed E-state index contributed by atoms with van der Waals surface area (Å²) in [6.45, 7) is 1.13. The molecule has 0 bridgehead atoms. The predicted octanol–water partition coefficient (Wildman–Crippen LogP) is 2.89. The number of likely N-dealkylation sites (tertiary alicyclic amines) is 1. The van der Waals surface area contributed by atoms with Crippen molar-refractivity contribution in [1.29, 1.82) is 0 Å². The van der Waals surface area contributed by atoms with Crippen molar-refractivity contribution in [2.75, 3.05) is 13.1 Å². The van der Waals surface area contributed by atoms with Gasteiger partial charge < -0.3 is 10.0 Å². The van der Waals surface area contributed by atoms with E-state index in [9.17, 15) is 4.79 Å². The maximum Gasteiger partial charge on any atom is 0.407 e. The lowest BCUT2D eigenvalue weighted by Crippen LogP contribution is -2.35. The van der Waals surface area contributed by atoms with E-state index in [1.54, 1.807) is 12.3 Å². The number of hydrogen-bond acceptors (Lipinski definition) is 2. The zero-order chi connectivity index (χ0) is 12.3. The van der Waals surface area contributed by atoms with E-state index in [1.807, 2.05) is 12.1 Å². The quantitative estimate of drug-likeness (QED) is 0.836. The van der Waals surface area contributed by atoms with Crippen LogP contribution in [0.25, 0.3) is 6.08 Å². The molecule has 1 aliphatic heterocycles. The summed E-state index contributed by atoms with van der Waals surface area (Å²) in [7, 11) is 0. The van der Waals surface area contributed by atoms with Gasteiger partial charge in [-0.15, -0.1) is 0 Å². The van der Waals surface area contributed by atoms with Gasteiger partial charge in [-0.1, -0.05) is 17.2 Å². The molecule has 0 unspecified atom stereocenters. The number of amides is 1. The van der Waals surface area contributed by atoms with E-state index < -0.39 is 6.09 Å². The van der Waals surface area contributed by atoms with Gasteiger partial charge >= 0.3 is 6.09 Å². The average molecular weight is 253 g/mol. The first kappa shape index (κ1) is 11.9. The van der Waals surface area contributed by atoms with Crippen LogP contribution in [-0.4, -0.2) is 34.2 Å².